The molecule has 2 heterocycles. The van der Waals surface area contributed by atoms with Gasteiger partial charge in [0.25, 0.3) is 0 Å². The number of carbonyl (C=O) groups is 2. The van der Waals surface area contributed by atoms with Gasteiger partial charge in [-0.1, -0.05) is 121 Å². The Morgan fingerprint density at radius 1 is 0.775 bits per heavy atom. The van der Waals surface area contributed by atoms with E-state index in [0.717, 1.165) is 22.3 Å². The molecule has 3 atom stereocenters. The van der Waals surface area contributed by atoms with Crippen LogP contribution in [0.1, 0.15) is 40.8 Å². The highest BCUT2D eigenvalue weighted by atomic mass is 16.6. The lowest BCUT2D eigenvalue weighted by Crippen LogP contribution is -2.64. The van der Waals surface area contributed by atoms with Crippen molar-refractivity contribution in [3.05, 3.63) is 144 Å². The number of ether oxygens (including phenoxy) is 2. The summed E-state index contributed by atoms with van der Waals surface area (Å²) in [5.74, 6) is -0.388. The number of rotatable bonds is 6. The van der Waals surface area contributed by atoms with E-state index in [1.807, 2.05) is 109 Å². The maximum Gasteiger partial charge on any atom is 0.411 e. The molecule has 1 unspecified atom stereocenters. The summed E-state index contributed by atoms with van der Waals surface area (Å²) in [5, 5.41) is 0. The molecular formula is C34H32N2O4. The van der Waals surface area contributed by atoms with Gasteiger partial charge in [0.15, 0.2) is 11.6 Å². The zero-order valence-electron chi connectivity index (χ0n) is 22.3. The molecule has 0 radical (unpaired) electrons. The lowest BCUT2D eigenvalue weighted by atomic mass is 9.85. The summed E-state index contributed by atoms with van der Waals surface area (Å²) in [6, 6.07) is 38.7. The smallest absolute Gasteiger partial charge is 0.411 e. The van der Waals surface area contributed by atoms with Crippen LogP contribution in [-0.2, 0) is 27.4 Å². The van der Waals surface area contributed by atoms with Crippen LogP contribution in [0.2, 0.25) is 0 Å². The normalized spacial score (nSPS) is 22.7. The maximum absolute atomic E-state index is 14.2. The van der Waals surface area contributed by atoms with E-state index >= 15 is 0 Å². The molecule has 1 amide bonds. The van der Waals surface area contributed by atoms with E-state index in [1.165, 1.54) is 0 Å². The zero-order valence-corrected chi connectivity index (χ0v) is 22.3. The number of hydrogen-bond acceptors (Lipinski definition) is 5. The zero-order chi connectivity index (χ0) is 27.4. The minimum atomic E-state index is -1.17. The Balaban J connectivity index is 1.40. The minimum absolute atomic E-state index is 0.118. The first-order valence-electron chi connectivity index (χ1n) is 13.7. The molecule has 202 valence electrons. The number of benzene rings is 4. The second-order valence-corrected chi connectivity index (χ2v) is 10.5. The second kappa shape index (κ2) is 11.4. The summed E-state index contributed by atoms with van der Waals surface area (Å²) in [6.45, 7) is 1.82. The van der Waals surface area contributed by atoms with Gasteiger partial charge in [0.1, 0.15) is 12.6 Å². The van der Waals surface area contributed by atoms with Crippen LogP contribution in [0.3, 0.4) is 0 Å². The SMILES string of the molecule is O=C(OCc1ccccc1)N1[C@H](c2ccccc2)[C@H](c2ccccc2)OC(=O)C12CCN(Cc1ccccc1)C2. The van der Waals surface area contributed by atoms with E-state index in [2.05, 4.69) is 17.0 Å². The predicted octanol–water partition coefficient (Wildman–Crippen LogP) is 6.31. The summed E-state index contributed by atoms with van der Waals surface area (Å²) in [4.78, 5) is 32.2. The van der Waals surface area contributed by atoms with Crippen molar-refractivity contribution in [3.63, 3.8) is 0 Å². The molecule has 0 aromatic heterocycles. The molecule has 0 aliphatic carbocycles. The number of cyclic esters (lactones) is 1. The molecule has 1 spiro atoms. The van der Waals surface area contributed by atoms with Crippen LogP contribution in [0, 0.1) is 0 Å². The number of amides is 1. The molecule has 4 aromatic carbocycles. The topological polar surface area (TPSA) is 59.1 Å². The lowest BCUT2D eigenvalue weighted by molar-refractivity contribution is -0.185. The monoisotopic (exact) mass is 532 g/mol. The number of morpholine rings is 1. The summed E-state index contributed by atoms with van der Waals surface area (Å²) in [7, 11) is 0. The van der Waals surface area contributed by atoms with Gasteiger partial charge in [0.05, 0.1) is 0 Å². The quantitative estimate of drug-likeness (QED) is 0.273. The summed E-state index contributed by atoms with van der Waals surface area (Å²) in [6.07, 6.45) is -0.727. The molecular weight excluding hydrogens is 500 g/mol. The Morgan fingerprint density at radius 2 is 1.32 bits per heavy atom. The highest BCUT2D eigenvalue weighted by Crippen LogP contribution is 2.49. The number of hydrogen-bond donors (Lipinski definition) is 0. The molecule has 6 nitrogen and oxygen atoms in total. The van der Waals surface area contributed by atoms with Gasteiger partial charge in [-0.05, 0) is 28.7 Å². The molecule has 40 heavy (non-hydrogen) atoms. The first-order chi connectivity index (χ1) is 19.6. The summed E-state index contributed by atoms with van der Waals surface area (Å²) >= 11 is 0. The maximum atomic E-state index is 14.2. The van der Waals surface area contributed by atoms with Gasteiger partial charge in [-0.25, -0.2) is 9.59 Å². The van der Waals surface area contributed by atoms with Crippen molar-refractivity contribution in [1.82, 2.24) is 9.80 Å². The Hall–Kier alpha value is -4.42. The van der Waals surface area contributed by atoms with Crippen LogP contribution in [-0.4, -0.2) is 40.5 Å². The molecule has 6 heteroatoms. The van der Waals surface area contributed by atoms with Gasteiger partial charge in [-0.3, -0.25) is 9.80 Å². The third-order valence-electron chi connectivity index (χ3n) is 7.89. The van der Waals surface area contributed by atoms with E-state index in [1.54, 1.807) is 4.90 Å². The van der Waals surface area contributed by atoms with Crippen LogP contribution >= 0.6 is 0 Å². The Morgan fingerprint density at radius 3 is 1.95 bits per heavy atom. The predicted molar refractivity (Wildman–Crippen MR) is 152 cm³/mol. The van der Waals surface area contributed by atoms with Gasteiger partial charge < -0.3 is 9.47 Å². The molecule has 2 fully saturated rings. The number of esters is 1. The van der Waals surface area contributed by atoms with E-state index in [9.17, 15) is 9.59 Å². The first kappa shape index (κ1) is 25.8. The van der Waals surface area contributed by atoms with Gasteiger partial charge in [0.2, 0.25) is 0 Å². The van der Waals surface area contributed by atoms with E-state index in [0.29, 0.717) is 26.1 Å². The molecule has 2 aliphatic heterocycles. The van der Waals surface area contributed by atoms with Crippen LogP contribution in [0.4, 0.5) is 4.79 Å². The number of nitrogens with zero attached hydrogens (tertiary/aromatic N) is 2. The van der Waals surface area contributed by atoms with E-state index in [-0.39, 0.29) is 12.6 Å². The number of carbonyl (C=O) groups excluding carboxylic acids is 2. The van der Waals surface area contributed by atoms with Crippen LogP contribution in [0.15, 0.2) is 121 Å². The highest BCUT2D eigenvalue weighted by Gasteiger charge is 2.61. The van der Waals surface area contributed by atoms with Crippen molar-refractivity contribution in [1.29, 1.82) is 0 Å². The van der Waals surface area contributed by atoms with Crippen molar-refractivity contribution < 1.29 is 19.1 Å². The van der Waals surface area contributed by atoms with Crippen molar-refractivity contribution in [3.8, 4) is 0 Å². The van der Waals surface area contributed by atoms with Crippen LogP contribution < -0.4 is 0 Å². The minimum Gasteiger partial charge on any atom is -0.453 e. The Bertz CT molecular complexity index is 1430. The molecule has 2 aliphatic rings. The van der Waals surface area contributed by atoms with Crippen LogP contribution in [0.25, 0.3) is 0 Å². The third kappa shape index (κ3) is 5.10. The molecule has 6 rings (SSSR count). The molecule has 0 N–H and O–H groups in total. The average Bonchev–Trinajstić information content (AvgIpc) is 3.43. The fourth-order valence-corrected chi connectivity index (χ4v) is 5.94. The van der Waals surface area contributed by atoms with Crippen molar-refractivity contribution >= 4 is 12.1 Å². The largest absolute Gasteiger partial charge is 0.453 e. The molecule has 4 aromatic rings. The van der Waals surface area contributed by atoms with Crippen molar-refractivity contribution in [2.24, 2.45) is 0 Å². The highest BCUT2D eigenvalue weighted by molar-refractivity contribution is 5.88. The summed E-state index contributed by atoms with van der Waals surface area (Å²) in [5.41, 5.74) is 2.59. The number of likely N-dealkylation sites (tertiary alicyclic amines) is 1. The van der Waals surface area contributed by atoms with Gasteiger partial charge in [0, 0.05) is 19.6 Å². The lowest BCUT2D eigenvalue weighted by Gasteiger charge is -2.50. The van der Waals surface area contributed by atoms with Gasteiger partial charge >= 0.3 is 12.1 Å². The molecule has 0 bridgehead atoms. The molecule has 0 saturated carbocycles. The van der Waals surface area contributed by atoms with Gasteiger partial charge in [-0.2, -0.15) is 0 Å². The van der Waals surface area contributed by atoms with E-state index < -0.39 is 23.8 Å². The van der Waals surface area contributed by atoms with Crippen LogP contribution in [0.5, 0.6) is 0 Å². The van der Waals surface area contributed by atoms with E-state index in [4.69, 9.17) is 9.47 Å². The van der Waals surface area contributed by atoms with Gasteiger partial charge in [-0.15, -0.1) is 0 Å². The average molecular weight is 533 g/mol. The standard InChI is InChI=1S/C34H32N2O4/c37-32-34(21-22-35(25-34)23-26-13-5-1-6-14-26)36(33(38)39-24-27-15-7-2-8-16-27)30(28-17-9-3-10-18-28)31(40-32)29-19-11-4-12-20-29/h1-20,30-31H,21-25H2/t30-,31+,34?/m1/s1. The van der Waals surface area contributed by atoms with Crippen molar-refractivity contribution in [2.45, 2.75) is 37.3 Å². The fraction of sp³-hybridized carbons (Fsp3) is 0.235. The molecule has 2 saturated heterocycles. The Labute approximate surface area is 234 Å². The first-order valence-corrected chi connectivity index (χ1v) is 13.7. The third-order valence-corrected chi connectivity index (χ3v) is 7.89. The van der Waals surface area contributed by atoms with Crippen molar-refractivity contribution in [2.75, 3.05) is 13.1 Å². The Kier molecular flexibility index (Phi) is 7.34. The summed E-state index contributed by atoms with van der Waals surface area (Å²) < 4.78 is 12.3. The fourth-order valence-electron chi connectivity index (χ4n) is 5.94. The second-order valence-electron chi connectivity index (χ2n) is 10.5.